The van der Waals surface area contributed by atoms with Gasteiger partial charge in [-0.05, 0) is 5.56 Å². The van der Waals surface area contributed by atoms with Crippen molar-refractivity contribution in [3.8, 4) is 0 Å². The number of rotatable bonds is 8. The smallest absolute Gasteiger partial charge is 0.330 e. The lowest BCUT2D eigenvalue weighted by atomic mass is 9.96. The van der Waals surface area contributed by atoms with Crippen molar-refractivity contribution in [2.75, 3.05) is 20.3 Å². The normalized spacial score (nSPS) is 11.1. The average molecular weight is 306 g/mol. The first-order valence-corrected chi connectivity index (χ1v) is 6.66. The molecule has 1 aromatic carbocycles. The number of ether oxygens (including phenoxy) is 3. The molecule has 1 atom stereocenters. The summed E-state index contributed by atoms with van der Waals surface area (Å²) in [5.74, 6) is -2.41. The summed E-state index contributed by atoms with van der Waals surface area (Å²) in [5.41, 5.74) is 0.671. The topological polar surface area (TPSA) is 78.9 Å². The molecule has 0 radical (unpaired) electrons. The average Bonchev–Trinajstić information content (AvgIpc) is 2.56. The first-order chi connectivity index (χ1) is 10.6. The molecule has 118 valence electrons. The third kappa shape index (κ3) is 5.78. The largest absolute Gasteiger partial charge is 0.469 e. The van der Waals surface area contributed by atoms with Crippen molar-refractivity contribution in [2.45, 2.75) is 12.3 Å². The molecule has 0 saturated carbocycles. The minimum atomic E-state index is -0.727. The van der Waals surface area contributed by atoms with Crippen molar-refractivity contribution in [1.82, 2.24) is 0 Å². The van der Waals surface area contributed by atoms with E-state index in [1.165, 1.54) is 7.11 Å². The van der Waals surface area contributed by atoms with Gasteiger partial charge in [0.15, 0.2) is 0 Å². The van der Waals surface area contributed by atoms with Gasteiger partial charge in [-0.2, -0.15) is 0 Å². The third-order valence-electron chi connectivity index (χ3n) is 2.82. The van der Waals surface area contributed by atoms with E-state index in [0.29, 0.717) is 5.56 Å². The minimum Gasteiger partial charge on any atom is -0.469 e. The van der Waals surface area contributed by atoms with Gasteiger partial charge >= 0.3 is 17.9 Å². The van der Waals surface area contributed by atoms with Gasteiger partial charge in [0.2, 0.25) is 0 Å². The van der Waals surface area contributed by atoms with Crippen molar-refractivity contribution in [3.05, 3.63) is 48.6 Å². The Morgan fingerprint density at radius 2 is 1.77 bits per heavy atom. The predicted molar refractivity (Wildman–Crippen MR) is 77.9 cm³/mol. The number of benzene rings is 1. The summed E-state index contributed by atoms with van der Waals surface area (Å²) < 4.78 is 14.3. The number of carbonyl (C=O) groups is 3. The molecule has 0 aromatic heterocycles. The highest BCUT2D eigenvalue weighted by atomic mass is 16.6. The number of methoxy groups -OCH3 is 1. The van der Waals surface area contributed by atoms with E-state index in [1.54, 1.807) is 24.3 Å². The van der Waals surface area contributed by atoms with Crippen LogP contribution < -0.4 is 0 Å². The summed E-state index contributed by atoms with van der Waals surface area (Å²) in [6.45, 7) is 3.10. The summed E-state index contributed by atoms with van der Waals surface area (Å²) >= 11 is 0. The monoisotopic (exact) mass is 306 g/mol. The van der Waals surface area contributed by atoms with Crippen LogP contribution in [0.2, 0.25) is 0 Å². The number of hydrogen-bond acceptors (Lipinski definition) is 6. The van der Waals surface area contributed by atoms with Crippen LogP contribution in [0.4, 0.5) is 0 Å². The molecule has 0 aliphatic heterocycles. The molecule has 0 N–H and O–H groups in total. The van der Waals surface area contributed by atoms with Crippen LogP contribution in [0.3, 0.4) is 0 Å². The highest BCUT2D eigenvalue weighted by molar-refractivity contribution is 5.84. The van der Waals surface area contributed by atoms with Gasteiger partial charge in [0.25, 0.3) is 0 Å². The second-order valence-electron chi connectivity index (χ2n) is 4.28. The number of carbonyl (C=O) groups excluding carboxylic acids is 3. The van der Waals surface area contributed by atoms with E-state index in [-0.39, 0.29) is 19.6 Å². The fraction of sp³-hybridized carbons (Fsp3) is 0.312. The molecule has 6 nitrogen and oxygen atoms in total. The zero-order chi connectivity index (χ0) is 16.4. The molecular weight excluding hydrogens is 288 g/mol. The van der Waals surface area contributed by atoms with Gasteiger partial charge in [-0.25, -0.2) is 4.79 Å². The maximum absolute atomic E-state index is 11.8. The van der Waals surface area contributed by atoms with Crippen LogP contribution in [0, 0.1) is 0 Å². The maximum atomic E-state index is 11.8. The van der Waals surface area contributed by atoms with Crippen LogP contribution in [0.5, 0.6) is 0 Å². The summed E-state index contributed by atoms with van der Waals surface area (Å²) in [4.78, 5) is 34.4. The molecule has 0 fully saturated rings. The van der Waals surface area contributed by atoms with Crippen molar-refractivity contribution in [2.24, 2.45) is 0 Å². The fourth-order valence-electron chi connectivity index (χ4n) is 1.75. The van der Waals surface area contributed by atoms with Crippen LogP contribution in [-0.4, -0.2) is 38.2 Å². The predicted octanol–water partition coefficient (Wildman–Crippen LogP) is 1.61. The Kier molecular flexibility index (Phi) is 7.39. The fourth-order valence-corrected chi connectivity index (χ4v) is 1.75. The lowest BCUT2D eigenvalue weighted by molar-refractivity contribution is -0.153. The van der Waals surface area contributed by atoms with Crippen LogP contribution in [0.15, 0.2) is 43.0 Å². The quantitative estimate of drug-likeness (QED) is 0.314. The summed E-state index contributed by atoms with van der Waals surface area (Å²) in [7, 11) is 1.26. The molecule has 1 rings (SSSR count). The zero-order valence-corrected chi connectivity index (χ0v) is 12.3. The molecular formula is C16H18O6. The standard InChI is InChI=1S/C16H18O6/c1-3-14(17)21-9-10-22-15(18)11-13(16(19)20-2)12-7-5-4-6-8-12/h3-8,13H,1,9-11H2,2H3. The van der Waals surface area contributed by atoms with Gasteiger partial charge in [0.1, 0.15) is 13.2 Å². The molecule has 6 heteroatoms. The van der Waals surface area contributed by atoms with E-state index in [2.05, 4.69) is 11.3 Å². The van der Waals surface area contributed by atoms with Crippen molar-refractivity contribution in [1.29, 1.82) is 0 Å². The van der Waals surface area contributed by atoms with Crippen molar-refractivity contribution >= 4 is 17.9 Å². The summed E-state index contributed by atoms with van der Waals surface area (Å²) in [6, 6.07) is 8.82. The molecule has 0 saturated heterocycles. The maximum Gasteiger partial charge on any atom is 0.330 e. The van der Waals surface area contributed by atoms with Crippen LogP contribution >= 0.6 is 0 Å². The molecule has 1 unspecified atom stereocenters. The summed E-state index contributed by atoms with van der Waals surface area (Å²) in [5, 5.41) is 0. The van der Waals surface area contributed by atoms with Gasteiger partial charge in [0, 0.05) is 6.08 Å². The van der Waals surface area contributed by atoms with Gasteiger partial charge in [-0.3, -0.25) is 9.59 Å². The Labute approximate surface area is 128 Å². The molecule has 0 aliphatic rings. The Hall–Kier alpha value is -2.63. The Bertz CT molecular complexity index is 523. The van der Waals surface area contributed by atoms with E-state index in [1.807, 2.05) is 6.07 Å². The minimum absolute atomic E-state index is 0.0647. The first-order valence-electron chi connectivity index (χ1n) is 6.66. The molecule has 0 heterocycles. The highest BCUT2D eigenvalue weighted by Crippen LogP contribution is 2.21. The first kappa shape index (κ1) is 17.4. The van der Waals surface area contributed by atoms with Gasteiger partial charge in [-0.15, -0.1) is 0 Å². The Morgan fingerprint density at radius 1 is 1.14 bits per heavy atom. The molecule has 0 bridgehead atoms. The Morgan fingerprint density at radius 3 is 2.36 bits per heavy atom. The lowest BCUT2D eigenvalue weighted by Gasteiger charge is -2.14. The van der Waals surface area contributed by atoms with E-state index in [9.17, 15) is 14.4 Å². The van der Waals surface area contributed by atoms with Gasteiger partial charge < -0.3 is 14.2 Å². The lowest BCUT2D eigenvalue weighted by Crippen LogP contribution is -2.20. The zero-order valence-electron chi connectivity index (χ0n) is 12.3. The number of hydrogen-bond donors (Lipinski definition) is 0. The molecule has 22 heavy (non-hydrogen) atoms. The van der Waals surface area contributed by atoms with Crippen LogP contribution in [0.1, 0.15) is 17.9 Å². The third-order valence-corrected chi connectivity index (χ3v) is 2.82. The van der Waals surface area contributed by atoms with E-state index in [4.69, 9.17) is 9.47 Å². The van der Waals surface area contributed by atoms with Crippen LogP contribution in [-0.2, 0) is 28.6 Å². The van der Waals surface area contributed by atoms with E-state index in [0.717, 1.165) is 6.08 Å². The molecule has 0 spiro atoms. The number of esters is 3. The van der Waals surface area contributed by atoms with E-state index < -0.39 is 23.8 Å². The molecule has 0 aliphatic carbocycles. The van der Waals surface area contributed by atoms with E-state index >= 15 is 0 Å². The van der Waals surface area contributed by atoms with Crippen molar-refractivity contribution < 1.29 is 28.6 Å². The Balaban J connectivity index is 2.52. The second-order valence-corrected chi connectivity index (χ2v) is 4.28. The summed E-state index contributed by atoms with van der Waals surface area (Å²) in [6.07, 6.45) is 0.872. The molecule has 1 aromatic rings. The highest BCUT2D eigenvalue weighted by Gasteiger charge is 2.25. The van der Waals surface area contributed by atoms with Crippen LogP contribution in [0.25, 0.3) is 0 Å². The van der Waals surface area contributed by atoms with Gasteiger partial charge in [-0.1, -0.05) is 36.9 Å². The SMILES string of the molecule is C=CC(=O)OCCOC(=O)CC(C(=O)OC)c1ccccc1. The molecule has 0 amide bonds. The second kappa shape index (κ2) is 9.33. The van der Waals surface area contributed by atoms with Crippen molar-refractivity contribution in [3.63, 3.8) is 0 Å². The van der Waals surface area contributed by atoms with Gasteiger partial charge in [0.05, 0.1) is 19.4 Å².